The lowest BCUT2D eigenvalue weighted by Gasteiger charge is -2.34. The van der Waals surface area contributed by atoms with Gasteiger partial charge in [0.2, 0.25) is 5.91 Å². The number of hydrogen-bond acceptors (Lipinski definition) is 5. The van der Waals surface area contributed by atoms with Crippen LogP contribution in [0.25, 0.3) is 0 Å². The van der Waals surface area contributed by atoms with Crippen molar-refractivity contribution in [3.8, 4) is 0 Å². The van der Waals surface area contributed by atoms with Crippen LogP contribution in [0.1, 0.15) is 88.1 Å². The fraction of sp³-hybridized carbons (Fsp3) is 0.531. The Morgan fingerprint density at radius 3 is 2.15 bits per heavy atom. The smallest absolute Gasteiger partial charge is 0.408 e. The Hall–Kier alpha value is -3.39. The maximum absolute atomic E-state index is 14.0. The van der Waals surface area contributed by atoms with Gasteiger partial charge in [-0.1, -0.05) is 80.1 Å². The van der Waals surface area contributed by atoms with Crippen LogP contribution in [0.3, 0.4) is 0 Å². The van der Waals surface area contributed by atoms with Gasteiger partial charge in [0.1, 0.15) is 17.7 Å². The van der Waals surface area contributed by atoms with Gasteiger partial charge < -0.3 is 25.4 Å². The Balaban J connectivity index is 2.52. The average molecular weight is 554 g/mol. The van der Waals surface area contributed by atoms with Crippen molar-refractivity contribution >= 4 is 23.6 Å². The summed E-state index contributed by atoms with van der Waals surface area (Å²) in [6.07, 6.45) is 3.94. The summed E-state index contributed by atoms with van der Waals surface area (Å²) >= 11 is 0. The Bertz CT molecular complexity index is 1120. The van der Waals surface area contributed by atoms with Crippen LogP contribution >= 0.6 is 0 Å². The van der Waals surface area contributed by atoms with E-state index in [0.717, 1.165) is 42.4 Å². The van der Waals surface area contributed by atoms with Gasteiger partial charge in [0.25, 0.3) is 5.91 Å². The predicted octanol–water partition coefficient (Wildman–Crippen LogP) is 5.98. The number of aliphatic hydroxyl groups excluding tert-OH is 1. The lowest BCUT2D eigenvalue weighted by atomic mass is 9.97. The molecule has 0 fully saturated rings. The van der Waals surface area contributed by atoms with Gasteiger partial charge >= 0.3 is 6.09 Å². The topological polar surface area (TPSA) is 108 Å². The van der Waals surface area contributed by atoms with Crippen molar-refractivity contribution in [1.29, 1.82) is 0 Å². The van der Waals surface area contributed by atoms with Crippen molar-refractivity contribution in [3.63, 3.8) is 0 Å². The van der Waals surface area contributed by atoms with Gasteiger partial charge in [-0.2, -0.15) is 0 Å². The average Bonchev–Trinajstić information content (AvgIpc) is 2.85. The second kappa shape index (κ2) is 15.4. The number of aryl methyl sites for hydroxylation is 3. The van der Waals surface area contributed by atoms with Gasteiger partial charge in [-0.05, 0) is 65.2 Å². The lowest BCUT2D eigenvalue weighted by Crippen LogP contribution is -2.54. The summed E-state index contributed by atoms with van der Waals surface area (Å²) in [7, 11) is 0. The Labute approximate surface area is 239 Å². The van der Waals surface area contributed by atoms with Crippen LogP contribution in [0.5, 0.6) is 0 Å². The third-order valence-corrected chi connectivity index (χ3v) is 6.48. The first-order valence-corrected chi connectivity index (χ1v) is 14.2. The molecule has 0 saturated heterocycles. The molecule has 0 spiro atoms. The monoisotopic (exact) mass is 553 g/mol. The van der Waals surface area contributed by atoms with E-state index in [1.165, 1.54) is 4.90 Å². The fourth-order valence-corrected chi connectivity index (χ4v) is 4.64. The number of anilines is 1. The maximum atomic E-state index is 14.0. The quantitative estimate of drug-likeness (QED) is 0.265. The zero-order chi connectivity index (χ0) is 29.9. The van der Waals surface area contributed by atoms with E-state index in [2.05, 4.69) is 17.6 Å². The molecule has 0 aliphatic rings. The molecule has 220 valence electrons. The molecule has 0 aromatic heterocycles. The summed E-state index contributed by atoms with van der Waals surface area (Å²) in [5.74, 6) is -0.914. The van der Waals surface area contributed by atoms with Crippen LogP contribution in [0.15, 0.2) is 42.5 Å². The van der Waals surface area contributed by atoms with E-state index in [1.54, 1.807) is 20.8 Å². The lowest BCUT2D eigenvalue weighted by molar-refractivity contribution is -0.141. The Morgan fingerprint density at radius 1 is 0.950 bits per heavy atom. The van der Waals surface area contributed by atoms with Crippen LogP contribution in [-0.4, -0.2) is 52.7 Å². The summed E-state index contributed by atoms with van der Waals surface area (Å²) in [5.41, 5.74) is 3.37. The van der Waals surface area contributed by atoms with Crippen LogP contribution in [0, 0.1) is 20.8 Å². The minimum atomic E-state index is -1.27. The minimum absolute atomic E-state index is 0.286. The molecule has 3 amide bonds. The van der Waals surface area contributed by atoms with Crippen molar-refractivity contribution in [2.75, 3.05) is 18.5 Å². The molecular weight excluding hydrogens is 506 g/mol. The van der Waals surface area contributed by atoms with Crippen molar-refractivity contribution in [2.24, 2.45) is 0 Å². The molecule has 2 aromatic carbocycles. The van der Waals surface area contributed by atoms with E-state index in [-0.39, 0.29) is 12.5 Å². The second-order valence-electron chi connectivity index (χ2n) is 11.5. The minimum Gasteiger partial charge on any atom is -0.444 e. The molecular formula is C32H47N3O5. The molecule has 0 saturated carbocycles. The molecule has 0 radical (unpaired) electrons. The van der Waals surface area contributed by atoms with E-state index in [0.29, 0.717) is 17.7 Å². The predicted molar refractivity (Wildman–Crippen MR) is 159 cm³/mol. The molecule has 2 aromatic rings. The van der Waals surface area contributed by atoms with Gasteiger partial charge in [0, 0.05) is 12.2 Å². The van der Waals surface area contributed by atoms with Crippen LogP contribution in [-0.2, 0) is 14.3 Å². The standard InChI is InChI=1S/C32H47N3O5/c1-8-9-10-11-14-17-35(30(38)27(21-36)34-31(39)40-32(5,6)7)28(25-19-22(2)18-23(3)20-25)29(37)33-26-16-13-12-15-24(26)4/h12-13,15-16,18-20,27-28,36H,8-11,14,17,21H2,1-7H3,(H,33,37)(H,34,39). The molecule has 40 heavy (non-hydrogen) atoms. The molecule has 0 heterocycles. The zero-order valence-electron chi connectivity index (χ0n) is 25.2. The molecule has 0 bridgehead atoms. The molecule has 3 N–H and O–H groups in total. The van der Waals surface area contributed by atoms with Gasteiger partial charge in [-0.25, -0.2) is 4.79 Å². The van der Waals surface area contributed by atoms with E-state index in [1.807, 2.05) is 63.2 Å². The van der Waals surface area contributed by atoms with E-state index in [4.69, 9.17) is 4.74 Å². The van der Waals surface area contributed by atoms with Crippen molar-refractivity contribution in [3.05, 3.63) is 64.7 Å². The molecule has 2 rings (SSSR count). The Morgan fingerprint density at radius 2 is 1.57 bits per heavy atom. The summed E-state index contributed by atoms with van der Waals surface area (Å²) in [4.78, 5) is 42.1. The van der Waals surface area contributed by atoms with Gasteiger partial charge in [-0.15, -0.1) is 0 Å². The summed E-state index contributed by atoms with van der Waals surface area (Å²) in [5, 5.41) is 15.7. The maximum Gasteiger partial charge on any atom is 0.408 e. The SMILES string of the molecule is CCCCCCCN(C(=O)C(CO)NC(=O)OC(C)(C)C)C(C(=O)Nc1ccccc1C)c1cc(C)cc(C)c1. The van der Waals surface area contributed by atoms with Crippen molar-refractivity contribution in [2.45, 2.75) is 98.3 Å². The number of aliphatic hydroxyl groups is 1. The van der Waals surface area contributed by atoms with E-state index in [9.17, 15) is 19.5 Å². The third-order valence-electron chi connectivity index (χ3n) is 6.48. The Kier molecular flexibility index (Phi) is 12.6. The van der Waals surface area contributed by atoms with Crippen molar-refractivity contribution in [1.82, 2.24) is 10.2 Å². The zero-order valence-corrected chi connectivity index (χ0v) is 25.2. The number of alkyl carbamates (subject to hydrolysis) is 1. The fourth-order valence-electron chi connectivity index (χ4n) is 4.64. The highest BCUT2D eigenvalue weighted by molar-refractivity contribution is 5.99. The highest BCUT2D eigenvalue weighted by atomic mass is 16.6. The summed E-state index contributed by atoms with van der Waals surface area (Å²) < 4.78 is 5.33. The normalized spacial score (nSPS) is 12.8. The van der Waals surface area contributed by atoms with E-state index >= 15 is 0 Å². The number of benzene rings is 2. The molecule has 8 nitrogen and oxygen atoms in total. The second-order valence-corrected chi connectivity index (χ2v) is 11.5. The van der Waals surface area contributed by atoms with Gasteiger partial charge in [0.05, 0.1) is 6.61 Å². The number of unbranched alkanes of at least 4 members (excludes halogenated alkanes) is 4. The van der Waals surface area contributed by atoms with Crippen LogP contribution < -0.4 is 10.6 Å². The summed E-state index contributed by atoms with van der Waals surface area (Å²) in [6, 6.07) is 11.0. The highest BCUT2D eigenvalue weighted by Gasteiger charge is 2.36. The molecule has 2 atom stereocenters. The number of amides is 3. The number of rotatable bonds is 13. The number of carbonyl (C=O) groups is 3. The number of carbonyl (C=O) groups excluding carboxylic acids is 3. The number of ether oxygens (including phenoxy) is 1. The molecule has 2 unspecified atom stereocenters. The number of nitrogens with zero attached hydrogens (tertiary/aromatic N) is 1. The molecule has 0 aliphatic carbocycles. The first-order chi connectivity index (χ1) is 18.9. The number of para-hydroxylation sites is 1. The number of nitrogens with one attached hydrogen (secondary N) is 2. The van der Waals surface area contributed by atoms with Crippen LogP contribution in [0.2, 0.25) is 0 Å². The van der Waals surface area contributed by atoms with Crippen molar-refractivity contribution < 1.29 is 24.2 Å². The first-order valence-electron chi connectivity index (χ1n) is 14.2. The third kappa shape index (κ3) is 10.3. The van der Waals surface area contributed by atoms with Gasteiger partial charge in [-0.3, -0.25) is 9.59 Å². The van der Waals surface area contributed by atoms with E-state index < -0.39 is 36.3 Å². The summed E-state index contributed by atoms with van der Waals surface area (Å²) in [6.45, 7) is 12.7. The highest BCUT2D eigenvalue weighted by Crippen LogP contribution is 2.28. The van der Waals surface area contributed by atoms with Crippen LogP contribution in [0.4, 0.5) is 10.5 Å². The largest absolute Gasteiger partial charge is 0.444 e. The number of hydrogen-bond donors (Lipinski definition) is 3. The molecule has 8 heteroatoms. The first kappa shape index (κ1) is 32.8. The molecule has 0 aliphatic heterocycles. The van der Waals surface area contributed by atoms with Gasteiger partial charge in [0.15, 0.2) is 0 Å².